The first-order chi connectivity index (χ1) is 8.60. The lowest BCUT2D eigenvalue weighted by Gasteiger charge is -2.55. The molecule has 2 nitrogen and oxygen atoms in total. The number of ether oxygens (including phenoxy) is 1. The van der Waals surface area contributed by atoms with E-state index in [1.54, 1.807) is 0 Å². The number of hydrogen-bond acceptors (Lipinski definition) is 2. The van der Waals surface area contributed by atoms with Crippen LogP contribution >= 0.6 is 22.6 Å². The second-order valence-corrected chi connectivity index (χ2v) is 8.28. The lowest BCUT2D eigenvalue weighted by molar-refractivity contribution is -0.185. The molecule has 18 heavy (non-hydrogen) atoms. The zero-order chi connectivity index (χ0) is 12.8. The summed E-state index contributed by atoms with van der Waals surface area (Å²) in [6, 6.07) is 0. The Morgan fingerprint density at radius 1 is 1.22 bits per heavy atom. The van der Waals surface area contributed by atoms with E-state index in [0.717, 1.165) is 49.9 Å². The highest BCUT2D eigenvalue weighted by Crippen LogP contribution is 2.57. The van der Waals surface area contributed by atoms with Gasteiger partial charge in [-0.25, -0.2) is 0 Å². The van der Waals surface area contributed by atoms with Crippen molar-refractivity contribution in [2.75, 3.05) is 0 Å². The predicted octanol–water partition coefficient (Wildman–Crippen LogP) is 4.10. The van der Waals surface area contributed by atoms with Gasteiger partial charge in [0.15, 0.2) is 0 Å². The fourth-order valence-electron chi connectivity index (χ4n) is 4.80. The topological polar surface area (TPSA) is 26.3 Å². The summed E-state index contributed by atoms with van der Waals surface area (Å²) in [6.45, 7) is 2.13. The van der Waals surface area contributed by atoms with Gasteiger partial charge in [-0.3, -0.25) is 4.79 Å². The fourth-order valence-corrected chi connectivity index (χ4v) is 5.55. The van der Waals surface area contributed by atoms with Crippen molar-refractivity contribution in [3.8, 4) is 0 Å². The van der Waals surface area contributed by atoms with Crippen LogP contribution in [0.1, 0.15) is 58.3 Å². The van der Waals surface area contributed by atoms with Crippen molar-refractivity contribution < 1.29 is 9.53 Å². The maximum absolute atomic E-state index is 12.2. The molecule has 0 spiro atoms. The Labute approximate surface area is 123 Å². The first kappa shape index (κ1) is 13.2. The summed E-state index contributed by atoms with van der Waals surface area (Å²) < 4.78 is 6.07. The van der Waals surface area contributed by atoms with Crippen LogP contribution in [0.15, 0.2) is 0 Å². The molecule has 4 aliphatic carbocycles. The molecule has 1 unspecified atom stereocenters. The fraction of sp³-hybridized carbons (Fsp3) is 0.933. The molecule has 0 amide bonds. The van der Waals surface area contributed by atoms with Crippen LogP contribution in [0.3, 0.4) is 0 Å². The molecule has 102 valence electrons. The molecule has 4 fully saturated rings. The summed E-state index contributed by atoms with van der Waals surface area (Å²) in [7, 11) is 0. The summed E-state index contributed by atoms with van der Waals surface area (Å²) in [5, 5.41) is 0. The average molecular weight is 362 g/mol. The van der Waals surface area contributed by atoms with Gasteiger partial charge in [0.25, 0.3) is 0 Å². The van der Waals surface area contributed by atoms with Crippen molar-refractivity contribution in [3.63, 3.8) is 0 Å². The number of esters is 1. The van der Waals surface area contributed by atoms with E-state index in [1.807, 2.05) is 0 Å². The molecule has 0 aromatic rings. The summed E-state index contributed by atoms with van der Waals surface area (Å²) in [5.41, 5.74) is -0.0526. The van der Waals surface area contributed by atoms with Gasteiger partial charge in [0.2, 0.25) is 0 Å². The van der Waals surface area contributed by atoms with Crippen LogP contribution in [0.5, 0.6) is 0 Å². The second kappa shape index (κ2) is 4.95. The van der Waals surface area contributed by atoms with Gasteiger partial charge >= 0.3 is 5.97 Å². The first-order valence-electron chi connectivity index (χ1n) is 7.47. The Balaban J connectivity index is 1.67. The Morgan fingerprint density at radius 3 is 2.17 bits per heavy atom. The van der Waals surface area contributed by atoms with Gasteiger partial charge < -0.3 is 4.74 Å². The number of carbonyl (C=O) groups excluding carboxylic acids is 1. The third kappa shape index (κ3) is 2.44. The smallest absolute Gasteiger partial charge is 0.319 e. The van der Waals surface area contributed by atoms with Gasteiger partial charge in [-0.15, -0.1) is 0 Å². The maximum Gasteiger partial charge on any atom is 0.319 e. The van der Waals surface area contributed by atoms with Crippen LogP contribution < -0.4 is 0 Å². The minimum absolute atomic E-state index is 0.0526. The molecule has 4 saturated carbocycles. The molecular formula is C15H23IO2. The van der Waals surface area contributed by atoms with Gasteiger partial charge in [-0.1, -0.05) is 35.9 Å². The molecule has 0 aromatic carbocycles. The van der Waals surface area contributed by atoms with Crippen molar-refractivity contribution in [2.45, 2.75) is 67.8 Å². The number of alkyl halides is 1. The van der Waals surface area contributed by atoms with E-state index in [9.17, 15) is 4.79 Å². The second-order valence-electron chi connectivity index (χ2n) is 6.78. The third-order valence-corrected chi connectivity index (χ3v) is 6.23. The summed E-state index contributed by atoms with van der Waals surface area (Å²) in [5.74, 6) is 2.60. The lowest BCUT2D eigenvalue weighted by atomic mass is 9.54. The van der Waals surface area contributed by atoms with Crippen LogP contribution in [-0.2, 0) is 9.53 Å². The van der Waals surface area contributed by atoms with E-state index in [0.29, 0.717) is 0 Å². The van der Waals surface area contributed by atoms with Crippen molar-refractivity contribution in [3.05, 3.63) is 0 Å². The van der Waals surface area contributed by atoms with Gasteiger partial charge in [-0.05, 0) is 62.7 Å². The molecule has 4 aliphatic rings. The molecule has 4 bridgehead atoms. The van der Waals surface area contributed by atoms with Crippen molar-refractivity contribution in [2.24, 2.45) is 17.8 Å². The lowest BCUT2D eigenvalue weighted by Crippen LogP contribution is -2.53. The summed E-state index contributed by atoms with van der Waals surface area (Å²) >= 11 is 2.25. The Hall–Kier alpha value is 0.200. The highest BCUT2D eigenvalue weighted by molar-refractivity contribution is 14.1. The SMILES string of the molecule is CCCC(I)C(=O)OC12CC3CC(CC(C3)C1)C2. The maximum atomic E-state index is 12.2. The monoisotopic (exact) mass is 362 g/mol. The van der Waals surface area contributed by atoms with Crippen molar-refractivity contribution in [1.29, 1.82) is 0 Å². The van der Waals surface area contributed by atoms with Gasteiger partial charge in [-0.2, -0.15) is 0 Å². The zero-order valence-electron chi connectivity index (χ0n) is 11.2. The molecule has 0 aliphatic heterocycles. The molecule has 3 heteroatoms. The van der Waals surface area contributed by atoms with Gasteiger partial charge in [0, 0.05) is 0 Å². The van der Waals surface area contributed by atoms with E-state index >= 15 is 0 Å². The minimum atomic E-state index is -0.0526. The summed E-state index contributed by atoms with van der Waals surface area (Å²) in [6.07, 6.45) is 9.67. The van der Waals surface area contributed by atoms with Crippen LogP contribution in [0.25, 0.3) is 0 Å². The minimum Gasteiger partial charge on any atom is -0.458 e. The van der Waals surface area contributed by atoms with E-state index in [4.69, 9.17) is 4.74 Å². The molecule has 0 radical (unpaired) electrons. The number of hydrogen-bond donors (Lipinski definition) is 0. The van der Waals surface area contributed by atoms with Gasteiger partial charge in [0.05, 0.1) is 0 Å². The van der Waals surface area contributed by atoms with Crippen LogP contribution in [0, 0.1) is 17.8 Å². The van der Waals surface area contributed by atoms with E-state index in [1.165, 1.54) is 19.3 Å². The molecule has 4 rings (SSSR count). The zero-order valence-corrected chi connectivity index (χ0v) is 13.3. The largest absolute Gasteiger partial charge is 0.458 e. The standard InChI is InChI=1S/C15H23IO2/c1-2-3-13(16)14(17)18-15-7-10-4-11(8-15)6-12(5-10)9-15/h10-13H,2-9H2,1H3. The quantitative estimate of drug-likeness (QED) is 0.428. The molecule has 0 N–H and O–H groups in total. The van der Waals surface area contributed by atoms with E-state index in [-0.39, 0.29) is 15.5 Å². The number of carbonyl (C=O) groups is 1. The van der Waals surface area contributed by atoms with Crippen LogP contribution in [-0.4, -0.2) is 15.5 Å². The predicted molar refractivity (Wildman–Crippen MR) is 79.7 cm³/mol. The van der Waals surface area contributed by atoms with Gasteiger partial charge in [0.1, 0.15) is 9.53 Å². The Bertz CT molecular complexity index is 304. The highest BCUT2D eigenvalue weighted by atomic mass is 127. The molecule has 0 heterocycles. The summed E-state index contributed by atoms with van der Waals surface area (Å²) in [4.78, 5) is 12.2. The average Bonchev–Trinajstić information content (AvgIpc) is 2.26. The van der Waals surface area contributed by atoms with Crippen molar-refractivity contribution >= 4 is 28.6 Å². The third-order valence-electron chi connectivity index (χ3n) is 5.10. The molecule has 0 aromatic heterocycles. The molecule has 0 saturated heterocycles. The highest BCUT2D eigenvalue weighted by Gasteiger charge is 2.53. The van der Waals surface area contributed by atoms with Crippen LogP contribution in [0.4, 0.5) is 0 Å². The number of halogens is 1. The number of rotatable bonds is 4. The first-order valence-corrected chi connectivity index (χ1v) is 8.72. The van der Waals surface area contributed by atoms with Crippen molar-refractivity contribution in [1.82, 2.24) is 0 Å². The normalized spacial score (nSPS) is 42.9. The van der Waals surface area contributed by atoms with E-state index in [2.05, 4.69) is 29.5 Å². The van der Waals surface area contributed by atoms with E-state index < -0.39 is 0 Å². The molecule has 1 atom stereocenters. The Kier molecular flexibility index (Phi) is 3.63. The Morgan fingerprint density at radius 2 is 1.72 bits per heavy atom. The van der Waals surface area contributed by atoms with Crippen LogP contribution in [0.2, 0.25) is 0 Å². The molecular weight excluding hydrogens is 339 g/mol.